The number of aliphatic hydroxyl groups excluding tert-OH is 5. The van der Waals surface area contributed by atoms with Crippen molar-refractivity contribution in [3.8, 4) is 0 Å². The van der Waals surface area contributed by atoms with Gasteiger partial charge in [-0.1, -0.05) is 6.92 Å². The molecule has 0 aromatic heterocycles. The predicted molar refractivity (Wildman–Crippen MR) is 136 cm³/mol. The Morgan fingerprint density at radius 2 is 1.82 bits per heavy atom. The van der Waals surface area contributed by atoms with Gasteiger partial charge in [-0.2, -0.15) is 0 Å². The van der Waals surface area contributed by atoms with E-state index in [1.165, 1.54) is 0 Å². The second-order valence-electron chi connectivity index (χ2n) is 13.5. The second kappa shape index (κ2) is 9.73. The van der Waals surface area contributed by atoms with Crippen LogP contribution in [0.3, 0.4) is 0 Å². The fraction of sp³-hybridized carbons (Fsp3) is 0.897. The average Bonchev–Trinajstić information content (AvgIpc) is 3.45. The van der Waals surface area contributed by atoms with Crippen LogP contribution in [0.1, 0.15) is 65.2 Å². The van der Waals surface area contributed by atoms with Crippen LogP contribution in [0.25, 0.3) is 0 Å². The molecule has 10 heteroatoms. The molecule has 2 aliphatic heterocycles. The van der Waals surface area contributed by atoms with E-state index in [4.69, 9.17) is 14.2 Å². The second-order valence-corrected chi connectivity index (χ2v) is 13.5. The van der Waals surface area contributed by atoms with Crippen molar-refractivity contribution < 1.29 is 49.6 Å². The summed E-state index contributed by atoms with van der Waals surface area (Å²) in [4.78, 5) is 11.8. The van der Waals surface area contributed by atoms with E-state index in [1.54, 1.807) is 13.0 Å². The first-order valence-electron chi connectivity index (χ1n) is 14.7. The van der Waals surface area contributed by atoms with Gasteiger partial charge in [-0.3, -0.25) is 0 Å². The van der Waals surface area contributed by atoms with Crippen LogP contribution in [0.4, 0.5) is 0 Å². The molecule has 0 amide bonds. The number of rotatable bonds is 4. The highest BCUT2D eigenvalue weighted by molar-refractivity contribution is 5.85. The molecule has 0 aromatic rings. The lowest BCUT2D eigenvalue weighted by atomic mass is 9.42. The van der Waals surface area contributed by atoms with Gasteiger partial charge in [-0.25, -0.2) is 4.79 Å². The Kier molecular flexibility index (Phi) is 6.99. The first-order valence-corrected chi connectivity index (χ1v) is 14.7. The zero-order chi connectivity index (χ0) is 27.9. The van der Waals surface area contributed by atoms with Gasteiger partial charge >= 0.3 is 5.97 Å². The molecule has 4 saturated carbocycles. The van der Waals surface area contributed by atoms with Crippen LogP contribution in [0.2, 0.25) is 0 Å². The fourth-order valence-electron chi connectivity index (χ4n) is 9.99. The van der Waals surface area contributed by atoms with E-state index < -0.39 is 53.2 Å². The molecule has 1 saturated heterocycles. The average molecular weight is 553 g/mol. The number of hydrogen-bond acceptors (Lipinski definition) is 10. The number of hydrogen-bond donors (Lipinski definition) is 6. The SMILES string of the molecule is C[C@@H]1O[C@H](O[C@H]2CC[C@@]3(CO)[C@@H](CC[C@H]4[C@@H]3[C@@H](O)C[C@]3(C)[C@@H](C5=CC(=O)OC5)CC[C@]43O)C2)[C@H](O)[C@H](O)[C@@H]1O. The Morgan fingerprint density at radius 1 is 1.05 bits per heavy atom. The lowest BCUT2D eigenvalue weighted by Gasteiger charge is -2.65. The number of aliphatic hydroxyl groups is 6. The Balaban J connectivity index is 1.22. The first-order chi connectivity index (χ1) is 18.4. The van der Waals surface area contributed by atoms with Crippen LogP contribution in [0.15, 0.2) is 11.6 Å². The highest BCUT2D eigenvalue weighted by Crippen LogP contribution is 2.70. The molecule has 0 spiro atoms. The number of cyclic esters (lactones) is 1. The molecular formula is C29H44O10. The third kappa shape index (κ3) is 4.00. The third-order valence-electron chi connectivity index (χ3n) is 12.0. The van der Waals surface area contributed by atoms with Gasteiger partial charge in [0.2, 0.25) is 0 Å². The van der Waals surface area contributed by atoms with Gasteiger partial charge in [-0.05, 0) is 87.5 Å². The molecule has 6 aliphatic rings. The van der Waals surface area contributed by atoms with Crippen molar-refractivity contribution in [1.82, 2.24) is 0 Å². The van der Waals surface area contributed by atoms with Crippen molar-refractivity contribution in [2.45, 2.75) is 114 Å². The molecule has 0 unspecified atom stereocenters. The molecule has 6 rings (SSSR count). The quantitative estimate of drug-likeness (QED) is 0.212. The molecule has 39 heavy (non-hydrogen) atoms. The standard InChI is InChI=1S/C29H44O10/c1-14-23(33)24(34)25(35)26(38-14)39-17-5-7-28(13-30)16(10-17)3-4-19-22(28)20(31)11-27(2)18(6-8-29(19,27)36)15-9-21(32)37-12-15/h9,14,16-20,22-26,30-31,33-36H,3-8,10-13H2,1-2H3/t14-,16-,17-,18+,19-,20-,22+,23+,24+,25+,26+,27+,28+,29-/m0/s1. The molecule has 0 bridgehead atoms. The Morgan fingerprint density at radius 3 is 2.51 bits per heavy atom. The number of esters is 1. The van der Waals surface area contributed by atoms with Crippen LogP contribution in [-0.4, -0.2) is 98.3 Å². The lowest BCUT2D eigenvalue weighted by Crippen LogP contribution is -2.68. The van der Waals surface area contributed by atoms with Gasteiger partial charge in [0, 0.05) is 23.5 Å². The van der Waals surface area contributed by atoms with Gasteiger partial charge in [0.15, 0.2) is 6.29 Å². The van der Waals surface area contributed by atoms with Gasteiger partial charge in [-0.15, -0.1) is 0 Å². The van der Waals surface area contributed by atoms with Crippen LogP contribution in [0.5, 0.6) is 0 Å². The summed E-state index contributed by atoms with van der Waals surface area (Å²) in [5.74, 6) is -0.753. The Bertz CT molecular complexity index is 1000. The zero-order valence-electron chi connectivity index (χ0n) is 22.8. The van der Waals surface area contributed by atoms with E-state index in [9.17, 15) is 35.4 Å². The minimum Gasteiger partial charge on any atom is -0.458 e. The van der Waals surface area contributed by atoms with Crippen molar-refractivity contribution >= 4 is 5.97 Å². The molecule has 0 aromatic carbocycles. The molecule has 220 valence electrons. The largest absolute Gasteiger partial charge is 0.458 e. The summed E-state index contributed by atoms with van der Waals surface area (Å²) in [7, 11) is 0. The summed E-state index contributed by atoms with van der Waals surface area (Å²) < 4.78 is 17.0. The van der Waals surface area contributed by atoms with E-state index >= 15 is 0 Å². The van der Waals surface area contributed by atoms with Gasteiger partial charge in [0.25, 0.3) is 0 Å². The van der Waals surface area contributed by atoms with E-state index in [0.29, 0.717) is 32.1 Å². The first kappa shape index (κ1) is 28.0. The van der Waals surface area contributed by atoms with Gasteiger partial charge in [0.05, 0.1) is 23.9 Å². The molecule has 2 heterocycles. The van der Waals surface area contributed by atoms with Crippen LogP contribution >= 0.6 is 0 Å². The van der Waals surface area contributed by atoms with Crippen LogP contribution in [0, 0.1) is 34.5 Å². The lowest BCUT2D eigenvalue weighted by molar-refractivity contribution is -0.313. The maximum Gasteiger partial charge on any atom is 0.331 e. The molecule has 10 nitrogen and oxygen atoms in total. The summed E-state index contributed by atoms with van der Waals surface area (Å²) in [6.45, 7) is 3.84. The summed E-state index contributed by atoms with van der Waals surface area (Å²) in [6, 6.07) is 0. The zero-order valence-corrected chi connectivity index (χ0v) is 22.8. The van der Waals surface area contributed by atoms with Crippen molar-refractivity contribution in [3.05, 3.63) is 11.6 Å². The number of fused-ring (bicyclic) bond motifs is 5. The number of carbonyl (C=O) groups is 1. The maximum absolute atomic E-state index is 12.4. The maximum atomic E-state index is 12.4. The highest BCUT2D eigenvalue weighted by Gasteiger charge is 2.70. The summed E-state index contributed by atoms with van der Waals surface area (Å²) >= 11 is 0. The summed E-state index contributed by atoms with van der Waals surface area (Å²) in [5.41, 5.74) is -1.25. The summed E-state index contributed by atoms with van der Waals surface area (Å²) in [5, 5.41) is 65.7. The van der Waals surface area contributed by atoms with Crippen molar-refractivity contribution in [2.75, 3.05) is 13.2 Å². The van der Waals surface area contributed by atoms with E-state index in [0.717, 1.165) is 24.8 Å². The molecule has 5 fully saturated rings. The van der Waals surface area contributed by atoms with E-state index in [-0.39, 0.29) is 49.0 Å². The molecule has 0 radical (unpaired) electrons. The third-order valence-corrected chi connectivity index (χ3v) is 12.0. The molecule has 6 N–H and O–H groups in total. The van der Waals surface area contributed by atoms with Crippen molar-refractivity contribution in [3.63, 3.8) is 0 Å². The van der Waals surface area contributed by atoms with Gasteiger partial charge < -0.3 is 44.8 Å². The Labute approximate surface area is 229 Å². The topological polar surface area (TPSA) is 166 Å². The van der Waals surface area contributed by atoms with E-state index in [1.807, 2.05) is 0 Å². The monoisotopic (exact) mass is 552 g/mol. The Hall–Kier alpha value is -1.11. The predicted octanol–water partition coefficient (Wildman–Crippen LogP) is 0.399. The molecule has 14 atom stereocenters. The molecule has 4 aliphatic carbocycles. The number of ether oxygens (including phenoxy) is 3. The fourth-order valence-corrected chi connectivity index (χ4v) is 9.99. The highest BCUT2D eigenvalue weighted by atomic mass is 16.7. The van der Waals surface area contributed by atoms with Crippen molar-refractivity contribution in [1.29, 1.82) is 0 Å². The minimum atomic E-state index is -1.37. The summed E-state index contributed by atoms with van der Waals surface area (Å²) in [6.07, 6.45) is -0.0583. The van der Waals surface area contributed by atoms with Crippen LogP contribution < -0.4 is 0 Å². The smallest absolute Gasteiger partial charge is 0.331 e. The van der Waals surface area contributed by atoms with Gasteiger partial charge in [0.1, 0.15) is 24.9 Å². The van der Waals surface area contributed by atoms with E-state index in [2.05, 4.69) is 6.92 Å². The van der Waals surface area contributed by atoms with Crippen molar-refractivity contribution in [2.24, 2.45) is 34.5 Å². The molecular weight excluding hydrogens is 508 g/mol. The number of carbonyl (C=O) groups excluding carboxylic acids is 1. The van der Waals surface area contributed by atoms with Crippen LogP contribution in [-0.2, 0) is 19.0 Å². The minimum absolute atomic E-state index is 0.0327. The normalized spacial score (nSPS) is 55.3.